The average molecular weight is 261 g/mol. The van der Waals surface area contributed by atoms with Crippen molar-refractivity contribution in [2.45, 2.75) is 26.3 Å². The van der Waals surface area contributed by atoms with Crippen molar-refractivity contribution in [3.8, 4) is 0 Å². The molecule has 94 valence electrons. The number of halogens is 1. The van der Waals surface area contributed by atoms with Gasteiger partial charge in [-0.15, -0.1) is 0 Å². The lowest BCUT2D eigenvalue weighted by Gasteiger charge is -2.14. The Bertz CT molecular complexity index is 552. The number of aromatic nitrogens is 1. The number of hydrogen-bond acceptors (Lipinski definition) is 2. The van der Waals surface area contributed by atoms with E-state index in [9.17, 15) is 0 Å². The smallest absolute Gasteiger partial charge is 0.0622 e. The van der Waals surface area contributed by atoms with Crippen LogP contribution < -0.4 is 5.73 Å². The summed E-state index contributed by atoms with van der Waals surface area (Å²) in [6.45, 7) is 4.20. The van der Waals surface area contributed by atoms with Gasteiger partial charge in [-0.05, 0) is 48.6 Å². The Hall–Kier alpha value is -1.38. The summed E-state index contributed by atoms with van der Waals surface area (Å²) < 4.78 is 0. The van der Waals surface area contributed by atoms with Crippen molar-refractivity contribution in [1.29, 1.82) is 0 Å². The highest BCUT2D eigenvalue weighted by Crippen LogP contribution is 2.22. The van der Waals surface area contributed by atoms with Crippen LogP contribution in [0.3, 0.4) is 0 Å². The maximum absolute atomic E-state index is 6.24. The Morgan fingerprint density at radius 1 is 1.22 bits per heavy atom. The van der Waals surface area contributed by atoms with Crippen molar-refractivity contribution in [3.05, 3.63) is 63.9 Å². The van der Waals surface area contributed by atoms with Gasteiger partial charge in [0.15, 0.2) is 0 Å². The van der Waals surface area contributed by atoms with Gasteiger partial charge in [-0.2, -0.15) is 0 Å². The zero-order valence-electron chi connectivity index (χ0n) is 10.7. The van der Waals surface area contributed by atoms with Gasteiger partial charge in [-0.3, -0.25) is 4.98 Å². The topological polar surface area (TPSA) is 38.9 Å². The first kappa shape index (κ1) is 13.1. The zero-order chi connectivity index (χ0) is 13.1. The molecular formula is C15H17ClN2. The molecule has 1 aromatic carbocycles. The van der Waals surface area contributed by atoms with Crippen LogP contribution in [0.4, 0.5) is 0 Å². The second-order valence-corrected chi connectivity index (χ2v) is 5.03. The summed E-state index contributed by atoms with van der Waals surface area (Å²) in [6.07, 6.45) is 4.13. The van der Waals surface area contributed by atoms with Gasteiger partial charge in [0, 0.05) is 18.4 Å². The van der Waals surface area contributed by atoms with Gasteiger partial charge in [0.1, 0.15) is 0 Å². The molecule has 2 rings (SSSR count). The quantitative estimate of drug-likeness (QED) is 0.916. The van der Waals surface area contributed by atoms with Gasteiger partial charge in [-0.1, -0.05) is 29.8 Å². The van der Waals surface area contributed by atoms with E-state index in [0.717, 1.165) is 17.5 Å². The van der Waals surface area contributed by atoms with E-state index in [2.05, 4.69) is 37.0 Å². The second kappa shape index (κ2) is 5.51. The number of nitrogens with zero attached hydrogens (tertiary/aromatic N) is 1. The molecule has 2 nitrogen and oxygen atoms in total. The number of hydrogen-bond donors (Lipinski definition) is 1. The number of aryl methyl sites for hydroxylation is 2. The highest BCUT2D eigenvalue weighted by molar-refractivity contribution is 6.31. The highest BCUT2D eigenvalue weighted by Gasteiger charge is 2.10. The van der Waals surface area contributed by atoms with Crippen molar-refractivity contribution in [2.24, 2.45) is 5.73 Å². The van der Waals surface area contributed by atoms with E-state index in [1.165, 1.54) is 11.1 Å². The molecule has 0 fully saturated rings. The Morgan fingerprint density at radius 2 is 2.00 bits per heavy atom. The van der Waals surface area contributed by atoms with Crippen LogP contribution in [0, 0.1) is 13.8 Å². The summed E-state index contributed by atoms with van der Waals surface area (Å²) >= 11 is 6.09. The molecule has 0 aliphatic carbocycles. The van der Waals surface area contributed by atoms with Crippen molar-refractivity contribution >= 4 is 11.6 Å². The number of pyridine rings is 1. The van der Waals surface area contributed by atoms with E-state index < -0.39 is 0 Å². The maximum Gasteiger partial charge on any atom is 0.0622 e. The Morgan fingerprint density at radius 3 is 2.67 bits per heavy atom. The summed E-state index contributed by atoms with van der Waals surface area (Å²) in [5, 5.41) is 0.678. The highest BCUT2D eigenvalue weighted by atomic mass is 35.5. The van der Waals surface area contributed by atoms with Gasteiger partial charge in [-0.25, -0.2) is 0 Å². The van der Waals surface area contributed by atoms with E-state index in [1.54, 1.807) is 12.4 Å². The van der Waals surface area contributed by atoms with Crippen molar-refractivity contribution in [3.63, 3.8) is 0 Å². The Labute approximate surface area is 113 Å². The monoisotopic (exact) mass is 260 g/mol. The third-order valence-corrected chi connectivity index (χ3v) is 3.60. The lowest BCUT2D eigenvalue weighted by Crippen LogP contribution is -2.14. The van der Waals surface area contributed by atoms with E-state index in [4.69, 9.17) is 17.3 Å². The molecule has 1 unspecified atom stereocenters. The molecule has 0 saturated carbocycles. The fraction of sp³-hybridized carbons (Fsp3) is 0.267. The Balaban J connectivity index is 2.19. The lowest BCUT2D eigenvalue weighted by molar-refractivity contribution is 0.720. The first-order valence-corrected chi connectivity index (χ1v) is 6.37. The summed E-state index contributed by atoms with van der Waals surface area (Å²) in [7, 11) is 0. The molecular weight excluding hydrogens is 244 g/mol. The van der Waals surface area contributed by atoms with E-state index >= 15 is 0 Å². The van der Waals surface area contributed by atoms with Crippen molar-refractivity contribution in [2.75, 3.05) is 0 Å². The molecule has 0 aliphatic heterocycles. The first-order chi connectivity index (χ1) is 8.58. The molecule has 18 heavy (non-hydrogen) atoms. The molecule has 2 aromatic rings. The fourth-order valence-electron chi connectivity index (χ4n) is 1.92. The second-order valence-electron chi connectivity index (χ2n) is 4.62. The first-order valence-electron chi connectivity index (χ1n) is 5.99. The molecule has 1 heterocycles. The standard InChI is InChI=1S/C15H17ClN2/c1-10-3-4-13(7-11(10)2)15(17)8-12-5-6-18-9-14(12)16/h3-7,9,15H,8,17H2,1-2H3. The van der Waals surface area contributed by atoms with E-state index in [1.807, 2.05) is 6.07 Å². The van der Waals surface area contributed by atoms with Crippen LogP contribution in [-0.2, 0) is 6.42 Å². The summed E-state index contributed by atoms with van der Waals surface area (Å²) in [5.74, 6) is 0. The number of nitrogens with two attached hydrogens (primary N) is 1. The average Bonchev–Trinajstić information content (AvgIpc) is 2.35. The number of rotatable bonds is 3. The zero-order valence-corrected chi connectivity index (χ0v) is 11.4. The van der Waals surface area contributed by atoms with Gasteiger partial charge in [0.25, 0.3) is 0 Å². The molecule has 0 spiro atoms. The molecule has 0 radical (unpaired) electrons. The van der Waals surface area contributed by atoms with Crippen LogP contribution in [0.1, 0.15) is 28.3 Å². The van der Waals surface area contributed by atoms with Gasteiger partial charge in [0.05, 0.1) is 5.02 Å². The number of benzene rings is 1. The molecule has 0 amide bonds. The van der Waals surface area contributed by atoms with Crippen LogP contribution in [0.5, 0.6) is 0 Å². The van der Waals surface area contributed by atoms with Gasteiger partial charge < -0.3 is 5.73 Å². The van der Waals surface area contributed by atoms with Crippen LogP contribution in [0.2, 0.25) is 5.02 Å². The van der Waals surface area contributed by atoms with Crippen molar-refractivity contribution < 1.29 is 0 Å². The molecule has 2 N–H and O–H groups in total. The van der Waals surface area contributed by atoms with E-state index in [-0.39, 0.29) is 6.04 Å². The summed E-state index contributed by atoms with van der Waals surface area (Å²) in [6, 6.07) is 8.23. The SMILES string of the molecule is Cc1ccc(C(N)Cc2ccncc2Cl)cc1C. The van der Waals surface area contributed by atoms with Crippen LogP contribution in [0.15, 0.2) is 36.7 Å². The third kappa shape index (κ3) is 2.89. The van der Waals surface area contributed by atoms with Crippen molar-refractivity contribution in [1.82, 2.24) is 4.98 Å². The Kier molecular flexibility index (Phi) is 4.00. The van der Waals surface area contributed by atoms with Gasteiger partial charge in [0.2, 0.25) is 0 Å². The van der Waals surface area contributed by atoms with E-state index in [0.29, 0.717) is 5.02 Å². The predicted molar refractivity (Wildman–Crippen MR) is 75.8 cm³/mol. The normalized spacial score (nSPS) is 12.4. The fourth-order valence-corrected chi connectivity index (χ4v) is 2.12. The third-order valence-electron chi connectivity index (χ3n) is 3.26. The van der Waals surface area contributed by atoms with Crippen LogP contribution in [0.25, 0.3) is 0 Å². The molecule has 1 atom stereocenters. The lowest BCUT2D eigenvalue weighted by atomic mass is 9.97. The minimum Gasteiger partial charge on any atom is -0.324 e. The minimum atomic E-state index is -0.0378. The summed E-state index contributed by atoms with van der Waals surface area (Å²) in [5.41, 5.74) is 11.0. The molecule has 0 bridgehead atoms. The van der Waals surface area contributed by atoms with Crippen LogP contribution in [-0.4, -0.2) is 4.98 Å². The summed E-state index contributed by atoms with van der Waals surface area (Å²) in [4.78, 5) is 3.98. The van der Waals surface area contributed by atoms with Gasteiger partial charge >= 0.3 is 0 Å². The molecule has 1 aromatic heterocycles. The molecule has 0 aliphatic rings. The predicted octanol–water partition coefficient (Wildman–Crippen LogP) is 3.59. The molecule has 0 saturated heterocycles. The van der Waals surface area contributed by atoms with Crippen LogP contribution >= 0.6 is 11.6 Å². The minimum absolute atomic E-state index is 0.0378. The largest absolute Gasteiger partial charge is 0.324 e. The molecule has 3 heteroatoms. The maximum atomic E-state index is 6.24.